The number of aromatic nitrogens is 2. The Morgan fingerprint density at radius 1 is 0.949 bits per heavy atom. The summed E-state index contributed by atoms with van der Waals surface area (Å²) in [7, 11) is 0. The SMILES string of the molecule is CC(C)(c1ccccc1)c1ccc(OCc2ccc(C(=O)Nc3cnn(Cc4ccc(Cl)c(Cl)c4)c3)o2)cc1. The molecule has 0 aliphatic carbocycles. The summed E-state index contributed by atoms with van der Waals surface area (Å²) in [6, 6.07) is 27.2. The van der Waals surface area contributed by atoms with Gasteiger partial charge >= 0.3 is 0 Å². The van der Waals surface area contributed by atoms with E-state index in [0.717, 1.165) is 11.3 Å². The number of hydrogen-bond acceptors (Lipinski definition) is 4. The van der Waals surface area contributed by atoms with Gasteiger partial charge in [-0.25, -0.2) is 0 Å². The summed E-state index contributed by atoms with van der Waals surface area (Å²) in [5, 5.41) is 8.07. The van der Waals surface area contributed by atoms with Crippen molar-refractivity contribution < 1.29 is 13.9 Å². The van der Waals surface area contributed by atoms with Crippen LogP contribution in [0.2, 0.25) is 10.0 Å². The van der Waals surface area contributed by atoms with Gasteiger partial charge in [-0.2, -0.15) is 5.10 Å². The summed E-state index contributed by atoms with van der Waals surface area (Å²) in [5.74, 6) is 1.08. The molecule has 0 fully saturated rings. The maximum absolute atomic E-state index is 12.7. The van der Waals surface area contributed by atoms with Crippen LogP contribution in [0, 0.1) is 0 Å². The predicted molar refractivity (Wildman–Crippen MR) is 154 cm³/mol. The van der Waals surface area contributed by atoms with Crippen LogP contribution in [0.1, 0.15) is 46.9 Å². The molecule has 0 aliphatic heterocycles. The van der Waals surface area contributed by atoms with Crippen molar-refractivity contribution in [3.63, 3.8) is 0 Å². The summed E-state index contributed by atoms with van der Waals surface area (Å²) in [4.78, 5) is 12.7. The van der Waals surface area contributed by atoms with Crippen LogP contribution in [0.25, 0.3) is 0 Å². The number of carbonyl (C=O) groups excluding carboxylic acids is 1. The fourth-order valence-electron chi connectivity index (χ4n) is 4.25. The third-order valence-electron chi connectivity index (χ3n) is 6.56. The molecule has 1 N–H and O–H groups in total. The average molecular weight is 560 g/mol. The van der Waals surface area contributed by atoms with Gasteiger partial charge in [0.05, 0.1) is 28.5 Å². The molecular weight excluding hydrogens is 533 g/mol. The van der Waals surface area contributed by atoms with E-state index < -0.39 is 0 Å². The largest absolute Gasteiger partial charge is 0.486 e. The van der Waals surface area contributed by atoms with Gasteiger partial charge in [0.2, 0.25) is 0 Å². The first-order valence-electron chi connectivity index (χ1n) is 12.4. The van der Waals surface area contributed by atoms with Gasteiger partial charge in [0.1, 0.15) is 18.1 Å². The van der Waals surface area contributed by atoms with Gasteiger partial charge in [0.15, 0.2) is 5.76 Å². The van der Waals surface area contributed by atoms with Crippen LogP contribution >= 0.6 is 23.2 Å². The van der Waals surface area contributed by atoms with Crippen molar-refractivity contribution in [2.75, 3.05) is 5.32 Å². The van der Waals surface area contributed by atoms with Crippen LogP contribution in [-0.4, -0.2) is 15.7 Å². The molecule has 0 radical (unpaired) electrons. The molecule has 0 bridgehead atoms. The molecule has 0 unspecified atom stereocenters. The normalized spacial score (nSPS) is 11.4. The number of ether oxygens (including phenoxy) is 1. The Labute approximate surface area is 237 Å². The Morgan fingerprint density at radius 2 is 1.69 bits per heavy atom. The molecule has 0 saturated carbocycles. The maximum atomic E-state index is 12.7. The Balaban J connectivity index is 1.15. The van der Waals surface area contributed by atoms with E-state index in [1.54, 1.807) is 41.3 Å². The van der Waals surface area contributed by atoms with Crippen molar-refractivity contribution in [3.8, 4) is 5.75 Å². The minimum atomic E-state index is -0.372. The van der Waals surface area contributed by atoms with Crippen molar-refractivity contribution in [1.29, 1.82) is 0 Å². The fraction of sp³-hybridized carbons (Fsp3) is 0.161. The van der Waals surface area contributed by atoms with Crippen LogP contribution in [0.15, 0.2) is 102 Å². The molecule has 6 nitrogen and oxygen atoms in total. The van der Waals surface area contributed by atoms with E-state index in [1.165, 1.54) is 11.1 Å². The summed E-state index contributed by atoms with van der Waals surface area (Å²) >= 11 is 12.1. The van der Waals surface area contributed by atoms with Crippen LogP contribution < -0.4 is 10.1 Å². The highest BCUT2D eigenvalue weighted by atomic mass is 35.5. The molecule has 0 spiro atoms. The smallest absolute Gasteiger partial charge is 0.291 e. The molecule has 5 rings (SSSR count). The second-order valence-corrected chi connectivity index (χ2v) is 10.5. The van der Waals surface area contributed by atoms with Gasteiger partial charge in [-0.05, 0) is 53.1 Å². The lowest BCUT2D eigenvalue weighted by molar-refractivity contribution is 0.0992. The standard InChI is InChI=1S/C31H27Cl2N3O3/c1-31(2,22-6-4-3-5-7-22)23-9-11-25(12-10-23)38-20-26-13-15-29(39-26)30(37)35-24-17-34-36(19-24)18-21-8-14-27(32)28(33)16-21/h3-17,19H,18,20H2,1-2H3,(H,35,37). The lowest BCUT2D eigenvalue weighted by Gasteiger charge is -2.26. The fourth-order valence-corrected chi connectivity index (χ4v) is 4.57. The topological polar surface area (TPSA) is 69.3 Å². The van der Waals surface area contributed by atoms with E-state index in [1.807, 2.05) is 24.3 Å². The molecule has 8 heteroatoms. The molecule has 1 amide bonds. The molecule has 5 aromatic rings. The monoisotopic (exact) mass is 559 g/mol. The molecule has 0 atom stereocenters. The Hall–Kier alpha value is -4.00. The minimum Gasteiger partial charge on any atom is -0.486 e. The molecular formula is C31H27Cl2N3O3. The predicted octanol–water partition coefficient (Wildman–Crippen LogP) is 7.99. The Bertz CT molecular complexity index is 1570. The van der Waals surface area contributed by atoms with Gasteiger partial charge in [0, 0.05) is 11.6 Å². The van der Waals surface area contributed by atoms with E-state index in [2.05, 4.69) is 60.7 Å². The van der Waals surface area contributed by atoms with Crippen molar-refractivity contribution in [1.82, 2.24) is 9.78 Å². The van der Waals surface area contributed by atoms with Crippen LogP contribution in [0.5, 0.6) is 5.75 Å². The number of benzene rings is 3. The second kappa shape index (κ2) is 11.4. The van der Waals surface area contributed by atoms with Gasteiger partial charge in [-0.1, -0.05) is 85.6 Å². The van der Waals surface area contributed by atoms with Gasteiger partial charge < -0.3 is 14.5 Å². The minimum absolute atomic E-state index is 0.122. The molecule has 39 heavy (non-hydrogen) atoms. The highest BCUT2D eigenvalue weighted by molar-refractivity contribution is 6.42. The lowest BCUT2D eigenvalue weighted by atomic mass is 9.78. The van der Waals surface area contributed by atoms with Crippen LogP contribution in [0.4, 0.5) is 5.69 Å². The first-order chi connectivity index (χ1) is 18.8. The zero-order chi connectivity index (χ0) is 27.4. The Morgan fingerprint density at radius 3 is 2.44 bits per heavy atom. The number of amides is 1. The second-order valence-electron chi connectivity index (χ2n) is 9.70. The quantitative estimate of drug-likeness (QED) is 0.198. The van der Waals surface area contributed by atoms with Crippen LogP contribution in [0.3, 0.4) is 0 Å². The number of rotatable bonds is 9. The summed E-state index contributed by atoms with van der Waals surface area (Å²) in [5.41, 5.74) is 3.81. The van der Waals surface area contributed by atoms with E-state index in [-0.39, 0.29) is 23.7 Å². The molecule has 3 aromatic carbocycles. The lowest BCUT2D eigenvalue weighted by Crippen LogP contribution is -2.18. The highest BCUT2D eigenvalue weighted by Crippen LogP contribution is 2.32. The summed E-state index contributed by atoms with van der Waals surface area (Å²) < 4.78 is 13.3. The number of halogens is 2. The van der Waals surface area contributed by atoms with Crippen molar-refractivity contribution in [2.24, 2.45) is 0 Å². The third kappa shape index (κ3) is 6.36. The van der Waals surface area contributed by atoms with E-state index in [0.29, 0.717) is 28.0 Å². The van der Waals surface area contributed by atoms with Crippen LogP contribution in [-0.2, 0) is 18.6 Å². The average Bonchev–Trinajstić information content (AvgIpc) is 3.60. The van der Waals surface area contributed by atoms with Crippen molar-refractivity contribution in [2.45, 2.75) is 32.4 Å². The van der Waals surface area contributed by atoms with Gasteiger partial charge in [-0.15, -0.1) is 0 Å². The number of furan rings is 1. The molecule has 198 valence electrons. The molecule has 2 aromatic heterocycles. The zero-order valence-electron chi connectivity index (χ0n) is 21.5. The Kier molecular flexibility index (Phi) is 7.77. The highest BCUT2D eigenvalue weighted by Gasteiger charge is 2.22. The van der Waals surface area contributed by atoms with Gasteiger partial charge in [-0.3, -0.25) is 9.48 Å². The summed E-state index contributed by atoms with van der Waals surface area (Å²) in [6.45, 7) is 5.10. The number of anilines is 1. The van der Waals surface area contributed by atoms with Gasteiger partial charge in [0.25, 0.3) is 5.91 Å². The summed E-state index contributed by atoms with van der Waals surface area (Å²) in [6.07, 6.45) is 3.31. The maximum Gasteiger partial charge on any atom is 0.291 e. The van der Waals surface area contributed by atoms with E-state index in [9.17, 15) is 4.79 Å². The van der Waals surface area contributed by atoms with Crippen molar-refractivity contribution in [3.05, 3.63) is 136 Å². The molecule has 2 heterocycles. The number of nitrogens with zero attached hydrogens (tertiary/aromatic N) is 2. The number of carbonyl (C=O) groups is 1. The zero-order valence-corrected chi connectivity index (χ0v) is 23.0. The van der Waals surface area contributed by atoms with E-state index >= 15 is 0 Å². The number of nitrogens with one attached hydrogen (secondary N) is 1. The van der Waals surface area contributed by atoms with Crippen molar-refractivity contribution >= 4 is 34.8 Å². The molecule has 0 aliphatic rings. The third-order valence-corrected chi connectivity index (χ3v) is 7.30. The first-order valence-corrected chi connectivity index (χ1v) is 13.2. The van der Waals surface area contributed by atoms with E-state index in [4.69, 9.17) is 32.4 Å². The molecule has 0 saturated heterocycles. The first kappa shape index (κ1) is 26.6. The number of hydrogen-bond donors (Lipinski definition) is 1.